The molecular weight excluding hydrogens is 368 g/mol. The summed E-state index contributed by atoms with van der Waals surface area (Å²) in [6.45, 7) is 1.58. The Kier molecular flexibility index (Phi) is 4.80. The highest BCUT2D eigenvalue weighted by molar-refractivity contribution is 6.05. The molecule has 0 saturated heterocycles. The van der Waals surface area contributed by atoms with Crippen LogP contribution in [0.2, 0.25) is 0 Å². The highest BCUT2D eigenvalue weighted by atomic mass is 19.1. The predicted octanol–water partition coefficient (Wildman–Crippen LogP) is 3.19. The van der Waals surface area contributed by atoms with Gasteiger partial charge in [-0.2, -0.15) is 0 Å². The zero-order chi connectivity index (χ0) is 19.8. The molecule has 1 unspecified atom stereocenters. The Balaban J connectivity index is 1.69. The van der Waals surface area contributed by atoms with E-state index < -0.39 is 29.4 Å². The van der Waals surface area contributed by atoms with E-state index in [1.54, 1.807) is 13.1 Å². The van der Waals surface area contributed by atoms with Crippen molar-refractivity contribution in [3.63, 3.8) is 0 Å². The number of carbonyl (C=O) groups excluding carboxylic acids is 1. The summed E-state index contributed by atoms with van der Waals surface area (Å²) in [6, 6.07) is 3.20. The molecule has 1 aromatic heterocycles. The highest BCUT2D eigenvalue weighted by Crippen LogP contribution is 2.35. The summed E-state index contributed by atoms with van der Waals surface area (Å²) in [4.78, 5) is 21.7. The number of halogens is 2. The molecule has 2 aromatic rings. The van der Waals surface area contributed by atoms with Gasteiger partial charge in [-0.1, -0.05) is 0 Å². The number of allylic oxidation sites excluding steroid dienone is 1. The van der Waals surface area contributed by atoms with Crippen molar-refractivity contribution in [3.8, 4) is 5.75 Å². The maximum atomic E-state index is 13.9. The van der Waals surface area contributed by atoms with Gasteiger partial charge >= 0.3 is 0 Å². The molecule has 2 aliphatic carbocycles. The quantitative estimate of drug-likeness (QED) is 0.792. The summed E-state index contributed by atoms with van der Waals surface area (Å²) in [5, 5.41) is 13.0. The second-order valence-electron chi connectivity index (χ2n) is 7.14. The van der Waals surface area contributed by atoms with E-state index in [2.05, 4.69) is 15.3 Å². The van der Waals surface area contributed by atoms with Gasteiger partial charge in [-0.25, -0.2) is 18.7 Å². The number of nitrogens with one attached hydrogen (secondary N) is 1. The number of fused-ring (bicyclic) bond motifs is 1. The predicted molar refractivity (Wildman–Crippen MR) is 97.7 cm³/mol. The Morgan fingerprint density at radius 3 is 2.82 bits per heavy atom. The number of nitrogens with zero attached hydrogens (tertiary/aromatic N) is 2. The van der Waals surface area contributed by atoms with Crippen LogP contribution in [-0.2, 0) is 4.79 Å². The number of hydrogen-bond acceptors (Lipinski definition) is 6. The van der Waals surface area contributed by atoms with E-state index in [4.69, 9.17) is 4.74 Å². The molecule has 2 N–H and O–H groups in total. The fourth-order valence-electron chi connectivity index (χ4n) is 3.10. The minimum Gasteiger partial charge on any atom is -0.450 e. The normalized spacial score (nSPS) is 19.6. The number of aliphatic hydroxyl groups is 1. The fraction of sp³-hybridized carbons (Fsp3) is 0.350. The summed E-state index contributed by atoms with van der Waals surface area (Å²) >= 11 is 0. The Morgan fingerprint density at radius 1 is 1.36 bits per heavy atom. The lowest BCUT2D eigenvalue weighted by molar-refractivity contribution is -0.119. The standard InChI is InChI=1S/C20H19F2N3O3/c1-10(26)6-14-18-11(9-23-20(25-18)24-13-3-4-13)7-17(19(14)27)28-16-5-2-12(21)8-15(16)22/h2,5,7-10,13-14,26H,3-4,6H2,1H3,(H,23,24,25)/t10-,14?/m0/s1. The zero-order valence-electron chi connectivity index (χ0n) is 15.2. The number of hydrogen-bond donors (Lipinski definition) is 2. The first-order valence-electron chi connectivity index (χ1n) is 9.11. The van der Waals surface area contributed by atoms with Crippen LogP contribution in [0.1, 0.15) is 43.4 Å². The smallest absolute Gasteiger partial charge is 0.223 e. The van der Waals surface area contributed by atoms with E-state index in [9.17, 15) is 18.7 Å². The van der Waals surface area contributed by atoms with Crippen LogP contribution in [0.15, 0.2) is 30.2 Å². The first-order chi connectivity index (χ1) is 13.4. The van der Waals surface area contributed by atoms with E-state index in [1.807, 2.05) is 0 Å². The van der Waals surface area contributed by atoms with Gasteiger partial charge in [0.05, 0.1) is 17.7 Å². The minimum absolute atomic E-state index is 0.102. The number of ketones is 1. The lowest BCUT2D eigenvalue weighted by Gasteiger charge is -2.24. The highest BCUT2D eigenvalue weighted by Gasteiger charge is 2.35. The van der Waals surface area contributed by atoms with Gasteiger partial charge in [0.15, 0.2) is 17.3 Å². The van der Waals surface area contributed by atoms with Gasteiger partial charge in [0.2, 0.25) is 11.7 Å². The van der Waals surface area contributed by atoms with Crippen molar-refractivity contribution in [1.29, 1.82) is 0 Å². The van der Waals surface area contributed by atoms with Crippen molar-refractivity contribution in [2.45, 2.75) is 44.2 Å². The summed E-state index contributed by atoms with van der Waals surface area (Å²) in [5.74, 6) is -2.74. The van der Waals surface area contributed by atoms with Crippen molar-refractivity contribution in [1.82, 2.24) is 9.97 Å². The lowest BCUT2D eigenvalue weighted by Crippen LogP contribution is -2.27. The van der Waals surface area contributed by atoms with Gasteiger partial charge in [-0.15, -0.1) is 0 Å². The second-order valence-corrected chi connectivity index (χ2v) is 7.14. The molecule has 1 saturated carbocycles. The summed E-state index contributed by atoms with van der Waals surface area (Å²) in [7, 11) is 0. The van der Waals surface area contributed by atoms with Crippen molar-refractivity contribution < 1.29 is 23.4 Å². The molecule has 8 heteroatoms. The molecule has 146 valence electrons. The number of carbonyl (C=O) groups is 1. The van der Waals surface area contributed by atoms with Gasteiger partial charge in [0.25, 0.3) is 0 Å². The van der Waals surface area contributed by atoms with Gasteiger partial charge in [-0.3, -0.25) is 4.79 Å². The molecule has 0 spiro atoms. The third-order valence-electron chi connectivity index (χ3n) is 4.63. The Morgan fingerprint density at radius 2 is 2.14 bits per heavy atom. The average Bonchev–Trinajstić information content (AvgIpc) is 3.45. The average molecular weight is 387 g/mol. The van der Waals surface area contributed by atoms with Crippen LogP contribution in [0.3, 0.4) is 0 Å². The van der Waals surface area contributed by atoms with Crippen LogP contribution in [0, 0.1) is 11.6 Å². The van der Waals surface area contributed by atoms with E-state index in [0.29, 0.717) is 29.3 Å². The van der Waals surface area contributed by atoms with Gasteiger partial charge in [-0.05, 0) is 44.4 Å². The molecular formula is C20H19F2N3O3. The number of benzene rings is 1. The molecule has 4 rings (SSSR count). The van der Waals surface area contributed by atoms with Crippen molar-refractivity contribution in [2.75, 3.05) is 5.32 Å². The summed E-state index contributed by atoms with van der Waals surface area (Å²) in [5.41, 5.74) is 1.06. The van der Waals surface area contributed by atoms with E-state index in [-0.39, 0.29) is 17.9 Å². The monoisotopic (exact) mass is 387 g/mol. The largest absolute Gasteiger partial charge is 0.450 e. The SMILES string of the molecule is C[C@H](O)CC1C(=O)C(Oc2ccc(F)cc2F)=Cc2cnc(NC3CC3)nc21. The summed E-state index contributed by atoms with van der Waals surface area (Å²) in [6.07, 6.45) is 4.50. The molecule has 0 amide bonds. The summed E-state index contributed by atoms with van der Waals surface area (Å²) < 4.78 is 32.5. The van der Waals surface area contributed by atoms with Gasteiger partial charge in [0, 0.05) is 23.9 Å². The molecule has 1 aromatic carbocycles. The molecule has 2 atom stereocenters. The molecule has 2 aliphatic rings. The Bertz CT molecular complexity index is 958. The van der Waals surface area contributed by atoms with E-state index >= 15 is 0 Å². The first kappa shape index (κ1) is 18.5. The van der Waals surface area contributed by atoms with Crippen molar-refractivity contribution in [3.05, 3.63) is 53.0 Å². The fourth-order valence-corrected chi connectivity index (χ4v) is 3.10. The molecule has 1 heterocycles. The third kappa shape index (κ3) is 3.87. The topological polar surface area (TPSA) is 84.3 Å². The number of rotatable bonds is 6. The Hall–Kier alpha value is -2.87. The van der Waals surface area contributed by atoms with Crippen LogP contribution >= 0.6 is 0 Å². The third-order valence-corrected chi connectivity index (χ3v) is 4.63. The number of aromatic nitrogens is 2. The van der Waals surface area contributed by atoms with Crippen molar-refractivity contribution in [2.24, 2.45) is 0 Å². The maximum absolute atomic E-state index is 13.9. The number of aliphatic hydroxyl groups excluding tert-OH is 1. The molecule has 1 fully saturated rings. The van der Waals surface area contributed by atoms with Crippen LogP contribution in [0.4, 0.5) is 14.7 Å². The minimum atomic E-state index is -0.910. The van der Waals surface area contributed by atoms with E-state index in [0.717, 1.165) is 25.0 Å². The molecule has 0 radical (unpaired) electrons. The van der Waals surface area contributed by atoms with Crippen molar-refractivity contribution >= 4 is 17.8 Å². The number of ether oxygens (including phenoxy) is 1. The zero-order valence-corrected chi connectivity index (χ0v) is 15.2. The molecule has 0 bridgehead atoms. The molecule has 28 heavy (non-hydrogen) atoms. The van der Waals surface area contributed by atoms with E-state index in [1.165, 1.54) is 6.08 Å². The maximum Gasteiger partial charge on any atom is 0.223 e. The van der Waals surface area contributed by atoms with Gasteiger partial charge < -0.3 is 15.2 Å². The van der Waals surface area contributed by atoms with Gasteiger partial charge in [0.1, 0.15) is 5.82 Å². The molecule has 6 nitrogen and oxygen atoms in total. The number of anilines is 1. The molecule has 0 aliphatic heterocycles. The lowest BCUT2D eigenvalue weighted by atomic mass is 9.86. The number of Topliss-reactive ketones (excluding diaryl/α,β-unsaturated/α-hetero) is 1. The van der Waals surface area contributed by atoms with Crippen LogP contribution in [0.5, 0.6) is 5.75 Å². The van der Waals surface area contributed by atoms with Crippen LogP contribution < -0.4 is 10.1 Å². The first-order valence-corrected chi connectivity index (χ1v) is 9.11. The van der Waals surface area contributed by atoms with Crippen LogP contribution in [0.25, 0.3) is 6.08 Å². The Labute approximate surface area is 160 Å². The second kappa shape index (κ2) is 7.27. The van der Waals surface area contributed by atoms with Crippen LogP contribution in [-0.4, -0.2) is 33.0 Å².